The number of thiazole rings is 1. The van der Waals surface area contributed by atoms with Crippen molar-refractivity contribution in [2.45, 2.75) is 32.1 Å². The molecule has 13 heavy (non-hydrogen) atoms. The molecule has 0 fully saturated rings. The van der Waals surface area contributed by atoms with E-state index in [1.165, 1.54) is 11.3 Å². The van der Waals surface area contributed by atoms with E-state index >= 15 is 0 Å². The zero-order chi connectivity index (χ0) is 9.68. The SMILES string of the molecule is CCCCC(C(N)=O)c1nccs1. The van der Waals surface area contributed by atoms with Gasteiger partial charge in [0.25, 0.3) is 0 Å². The third-order valence-corrected chi connectivity index (χ3v) is 2.83. The molecule has 0 radical (unpaired) electrons. The molecule has 1 amide bonds. The van der Waals surface area contributed by atoms with Crippen LogP contribution in [0.4, 0.5) is 0 Å². The van der Waals surface area contributed by atoms with Gasteiger partial charge in [-0.05, 0) is 6.42 Å². The van der Waals surface area contributed by atoms with Crippen LogP contribution in [0.25, 0.3) is 0 Å². The second-order valence-electron chi connectivity index (χ2n) is 2.97. The van der Waals surface area contributed by atoms with Gasteiger partial charge in [-0.1, -0.05) is 19.8 Å². The molecule has 0 aromatic carbocycles. The minimum atomic E-state index is -0.261. The van der Waals surface area contributed by atoms with Crippen molar-refractivity contribution in [3.63, 3.8) is 0 Å². The number of hydrogen-bond donors (Lipinski definition) is 1. The van der Waals surface area contributed by atoms with Gasteiger partial charge in [-0.2, -0.15) is 0 Å². The number of carbonyl (C=O) groups excluding carboxylic acids is 1. The molecule has 4 heteroatoms. The lowest BCUT2D eigenvalue weighted by atomic mass is 10.0. The van der Waals surface area contributed by atoms with E-state index in [9.17, 15) is 4.79 Å². The average molecular weight is 198 g/mol. The Morgan fingerprint density at radius 3 is 3.00 bits per heavy atom. The van der Waals surface area contributed by atoms with E-state index in [0.29, 0.717) is 0 Å². The summed E-state index contributed by atoms with van der Waals surface area (Å²) < 4.78 is 0. The summed E-state index contributed by atoms with van der Waals surface area (Å²) in [6.07, 6.45) is 4.63. The van der Waals surface area contributed by atoms with Crippen LogP contribution in [0.15, 0.2) is 11.6 Å². The summed E-state index contributed by atoms with van der Waals surface area (Å²) in [7, 11) is 0. The third-order valence-electron chi connectivity index (χ3n) is 1.94. The van der Waals surface area contributed by atoms with E-state index in [0.717, 1.165) is 24.3 Å². The van der Waals surface area contributed by atoms with E-state index in [1.54, 1.807) is 6.20 Å². The van der Waals surface area contributed by atoms with Gasteiger partial charge in [0.05, 0.1) is 5.92 Å². The van der Waals surface area contributed by atoms with Crippen molar-refractivity contribution in [3.8, 4) is 0 Å². The summed E-state index contributed by atoms with van der Waals surface area (Å²) in [5, 5.41) is 2.72. The van der Waals surface area contributed by atoms with Crippen molar-refractivity contribution in [2.75, 3.05) is 0 Å². The molecule has 2 N–H and O–H groups in total. The van der Waals surface area contributed by atoms with Crippen LogP contribution in [0, 0.1) is 0 Å². The summed E-state index contributed by atoms with van der Waals surface area (Å²) in [4.78, 5) is 15.2. The second kappa shape index (κ2) is 4.97. The summed E-state index contributed by atoms with van der Waals surface area (Å²) >= 11 is 1.50. The van der Waals surface area contributed by atoms with Gasteiger partial charge in [-0.25, -0.2) is 4.98 Å². The Morgan fingerprint density at radius 2 is 2.54 bits per heavy atom. The smallest absolute Gasteiger partial charge is 0.227 e. The van der Waals surface area contributed by atoms with Crippen molar-refractivity contribution in [1.29, 1.82) is 0 Å². The monoisotopic (exact) mass is 198 g/mol. The number of amides is 1. The minimum Gasteiger partial charge on any atom is -0.369 e. The predicted octanol–water partition coefficient (Wildman–Crippen LogP) is 1.90. The molecule has 0 bridgehead atoms. The largest absolute Gasteiger partial charge is 0.369 e. The molecule has 0 aliphatic rings. The standard InChI is InChI=1S/C9H14N2OS/c1-2-3-4-7(8(10)12)9-11-5-6-13-9/h5-7H,2-4H2,1H3,(H2,10,12). The molecule has 0 aliphatic carbocycles. The quantitative estimate of drug-likeness (QED) is 0.785. The van der Waals surface area contributed by atoms with Crippen molar-refractivity contribution < 1.29 is 4.79 Å². The number of carbonyl (C=O) groups is 1. The van der Waals surface area contributed by atoms with Gasteiger partial charge in [0, 0.05) is 11.6 Å². The first-order chi connectivity index (χ1) is 6.25. The number of unbranched alkanes of at least 4 members (excludes halogenated alkanes) is 1. The highest BCUT2D eigenvalue weighted by Crippen LogP contribution is 2.23. The Balaban J connectivity index is 2.63. The highest BCUT2D eigenvalue weighted by Gasteiger charge is 2.19. The molecule has 1 aromatic heterocycles. The Labute approximate surface area is 82.0 Å². The van der Waals surface area contributed by atoms with Crippen molar-refractivity contribution in [1.82, 2.24) is 4.98 Å². The first-order valence-corrected chi connectivity index (χ1v) is 5.32. The van der Waals surface area contributed by atoms with E-state index in [-0.39, 0.29) is 11.8 Å². The van der Waals surface area contributed by atoms with Gasteiger partial charge < -0.3 is 5.73 Å². The Hall–Kier alpha value is -0.900. The molecule has 0 aliphatic heterocycles. The fraction of sp³-hybridized carbons (Fsp3) is 0.556. The van der Waals surface area contributed by atoms with Crippen LogP contribution in [0.1, 0.15) is 37.1 Å². The van der Waals surface area contributed by atoms with Crippen LogP contribution < -0.4 is 5.73 Å². The molecule has 1 atom stereocenters. The van der Waals surface area contributed by atoms with Crippen molar-refractivity contribution in [3.05, 3.63) is 16.6 Å². The number of nitrogens with two attached hydrogens (primary N) is 1. The number of rotatable bonds is 5. The number of hydrogen-bond acceptors (Lipinski definition) is 3. The molecule has 3 nitrogen and oxygen atoms in total. The molecule has 0 spiro atoms. The van der Waals surface area contributed by atoms with E-state index in [4.69, 9.17) is 5.73 Å². The molecule has 1 unspecified atom stereocenters. The van der Waals surface area contributed by atoms with Gasteiger partial charge >= 0.3 is 0 Å². The van der Waals surface area contributed by atoms with Crippen molar-refractivity contribution >= 4 is 17.2 Å². The maximum Gasteiger partial charge on any atom is 0.227 e. The zero-order valence-corrected chi connectivity index (χ0v) is 8.51. The molecule has 1 rings (SSSR count). The molecule has 0 saturated heterocycles. The molecular weight excluding hydrogens is 184 g/mol. The van der Waals surface area contributed by atoms with Gasteiger partial charge in [-0.15, -0.1) is 11.3 Å². The van der Waals surface area contributed by atoms with Crippen LogP contribution in [0.3, 0.4) is 0 Å². The van der Waals surface area contributed by atoms with Crippen LogP contribution in [-0.4, -0.2) is 10.9 Å². The summed E-state index contributed by atoms with van der Waals surface area (Å²) in [5.41, 5.74) is 5.30. The van der Waals surface area contributed by atoms with Gasteiger partial charge in [0.15, 0.2) is 0 Å². The van der Waals surface area contributed by atoms with E-state index in [2.05, 4.69) is 11.9 Å². The minimum absolute atomic E-state index is 0.181. The Bertz CT molecular complexity index is 259. The van der Waals surface area contributed by atoms with E-state index < -0.39 is 0 Å². The molecule has 72 valence electrons. The predicted molar refractivity (Wildman–Crippen MR) is 53.6 cm³/mol. The Kier molecular flexibility index (Phi) is 3.89. The average Bonchev–Trinajstić information content (AvgIpc) is 2.57. The number of aromatic nitrogens is 1. The molecular formula is C9H14N2OS. The lowest BCUT2D eigenvalue weighted by Gasteiger charge is -2.08. The Morgan fingerprint density at radius 1 is 1.77 bits per heavy atom. The summed E-state index contributed by atoms with van der Waals surface area (Å²) in [6.45, 7) is 2.10. The molecule has 1 heterocycles. The van der Waals surface area contributed by atoms with Gasteiger partial charge in [0.1, 0.15) is 5.01 Å². The van der Waals surface area contributed by atoms with Crippen LogP contribution in [0.2, 0.25) is 0 Å². The fourth-order valence-electron chi connectivity index (χ4n) is 1.20. The topological polar surface area (TPSA) is 56.0 Å². The lowest BCUT2D eigenvalue weighted by molar-refractivity contribution is -0.119. The maximum absolute atomic E-state index is 11.1. The second-order valence-corrected chi connectivity index (χ2v) is 3.89. The third kappa shape index (κ3) is 2.81. The molecule has 1 aromatic rings. The van der Waals surface area contributed by atoms with Crippen molar-refractivity contribution in [2.24, 2.45) is 5.73 Å². The lowest BCUT2D eigenvalue weighted by Crippen LogP contribution is -2.21. The molecule has 0 saturated carbocycles. The van der Waals surface area contributed by atoms with Crippen LogP contribution >= 0.6 is 11.3 Å². The van der Waals surface area contributed by atoms with Gasteiger partial charge in [-0.3, -0.25) is 4.79 Å². The number of nitrogens with zero attached hydrogens (tertiary/aromatic N) is 1. The zero-order valence-electron chi connectivity index (χ0n) is 7.69. The normalized spacial score (nSPS) is 12.7. The summed E-state index contributed by atoms with van der Waals surface area (Å²) in [5.74, 6) is -0.441. The highest BCUT2D eigenvalue weighted by molar-refractivity contribution is 7.09. The van der Waals surface area contributed by atoms with E-state index in [1.807, 2.05) is 5.38 Å². The first-order valence-electron chi connectivity index (χ1n) is 4.44. The first kappa shape index (κ1) is 10.2. The maximum atomic E-state index is 11.1. The summed E-state index contributed by atoms with van der Waals surface area (Å²) in [6, 6.07) is 0. The number of primary amides is 1. The highest BCUT2D eigenvalue weighted by atomic mass is 32.1. The van der Waals surface area contributed by atoms with Gasteiger partial charge in [0.2, 0.25) is 5.91 Å². The van der Waals surface area contributed by atoms with Crippen LogP contribution in [0.5, 0.6) is 0 Å². The van der Waals surface area contributed by atoms with Crippen LogP contribution in [-0.2, 0) is 4.79 Å². The fourth-order valence-corrected chi connectivity index (χ4v) is 1.98.